The zero-order valence-corrected chi connectivity index (χ0v) is 11.7. The summed E-state index contributed by atoms with van der Waals surface area (Å²) < 4.78 is 31.6. The van der Waals surface area contributed by atoms with E-state index < -0.39 is 10.0 Å². The number of methoxy groups -OCH3 is 1. The van der Waals surface area contributed by atoms with E-state index in [4.69, 9.17) is 4.74 Å². The number of fused-ring (bicyclic) bond motifs is 1. The second-order valence-electron chi connectivity index (χ2n) is 4.56. The van der Waals surface area contributed by atoms with Gasteiger partial charge in [-0.3, -0.25) is 0 Å². The third kappa shape index (κ3) is 2.34. The third-order valence-corrected chi connectivity index (χ3v) is 4.60. The van der Waals surface area contributed by atoms with E-state index in [9.17, 15) is 8.42 Å². The molecule has 1 aliphatic rings. The van der Waals surface area contributed by atoms with E-state index in [1.165, 1.54) is 12.7 Å². The van der Waals surface area contributed by atoms with Crippen LogP contribution in [0.4, 0.5) is 5.95 Å². The summed E-state index contributed by atoms with van der Waals surface area (Å²) in [6.45, 7) is 0. The number of nitrogens with zero attached hydrogens (tertiary/aromatic N) is 2. The first-order valence-electron chi connectivity index (χ1n) is 6.19. The summed E-state index contributed by atoms with van der Waals surface area (Å²) in [7, 11) is -2.26. The van der Waals surface area contributed by atoms with Crippen LogP contribution in [0.15, 0.2) is 23.1 Å². The lowest BCUT2D eigenvalue weighted by Gasteiger charge is -2.07. The number of hydrogen-bond donors (Lipinski definition) is 2. The van der Waals surface area contributed by atoms with Crippen LogP contribution in [0.25, 0.3) is 0 Å². The van der Waals surface area contributed by atoms with Gasteiger partial charge in [-0.1, -0.05) is 6.07 Å². The Balaban J connectivity index is 1.88. The van der Waals surface area contributed by atoms with Crippen molar-refractivity contribution in [3.05, 3.63) is 29.3 Å². The molecule has 1 heterocycles. The molecule has 1 aliphatic carbocycles. The zero-order chi connectivity index (χ0) is 14.2. The zero-order valence-electron chi connectivity index (χ0n) is 10.9. The van der Waals surface area contributed by atoms with E-state index in [1.807, 2.05) is 6.07 Å². The highest BCUT2D eigenvalue weighted by Crippen LogP contribution is 2.25. The van der Waals surface area contributed by atoms with Crippen molar-refractivity contribution in [2.45, 2.75) is 24.2 Å². The van der Waals surface area contributed by atoms with E-state index in [0.29, 0.717) is 0 Å². The van der Waals surface area contributed by atoms with Crippen LogP contribution in [-0.4, -0.2) is 30.7 Å². The van der Waals surface area contributed by atoms with Gasteiger partial charge in [-0.2, -0.15) is 4.98 Å². The Labute approximate surface area is 116 Å². The second-order valence-corrected chi connectivity index (χ2v) is 6.24. The average molecular weight is 294 g/mol. The van der Waals surface area contributed by atoms with Gasteiger partial charge < -0.3 is 4.74 Å². The van der Waals surface area contributed by atoms with Crippen LogP contribution in [0.3, 0.4) is 0 Å². The molecule has 0 amide bonds. The standard InChI is InChI=1S/C12H14N4O3S/c1-19-12-13-11(14-15-12)16-20(17,18)10-6-5-8-3-2-4-9(8)7-10/h5-7H,2-4H2,1H3,(H2,13,14,15,16). The molecular formula is C12H14N4O3S. The fourth-order valence-electron chi connectivity index (χ4n) is 2.28. The second kappa shape index (κ2) is 4.78. The molecule has 0 fully saturated rings. The highest BCUT2D eigenvalue weighted by Gasteiger charge is 2.20. The average Bonchev–Trinajstić information content (AvgIpc) is 3.05. The van der Waals surface area contributed by atoms with Crippen LogP contribution < -0.4 is 9.46 Å². The Kier molecular flexibility index (Phi) is 3.09. The smallest absolute Gasteiger partial charge is 0.336 e. The lowest BCUT2D eigenvalue weighted by atomic mass is 10.1. The van der Waals surface area contributed by atoms with Crippen LogP contribution in [0.5, 0.6) is 6.01 Å². The fourth-order valence-corrected chi connectivity index (χ4v) is 3.29. The van der Waals surface area contributed by atoms with Gasteiger partial charge in [0.1, 0.15) is 0 Å². The van der Waals surface area contributed by atoms with Crippen molar-refractivity contribution in [2.24, 2.45) is 0 Å². The third-order valence-electron chi connectivity index (χ3n) is 3.26. The number of sulfonamides is 1. The first-order chi connectivity index (χ1) is 9.58. The van der Waals surface area contributed by atoms with Crippen molar-refractivity contribution in [1.29, 1.82) is 0 Å². The Morgan fingerprint density at radius 1 is 1.30 bits per heavy atom. The maximum Gasteiger partial charge on any atom is 0.336 e. The minimum atomic E-state index is -3.67. The predicted molar refractivity (Wildman–Crippen MR) is 72.2 cm³/mol. The van der Waals surface area contributed by atoms with Gasteiger partial charge in [-0.25, -0.2) is 18.2 Å². The molecule has 3 rings (SSSR count). The van der Waals surface area contributed by atoms with Crippen LogP contribution in [-0.2, 0) is 22.9 Å². The first-order valence-corrected chi connectivity index (χ1v) is 7.68. The van der Waals surface area contributed by atoms with E-state index >= 15 is 0 Å². The Morgan fingerprint density at radius 3 is 2.85 bits per heavy atom. The predicted octanol–water partition coefficient (Wildman–Crippen LogP) is 1.10. The number of ether oxygens (including phenoxy) is 1. The van der Waals surface area contributed by atoms with Crippen LogP contribution in [0, 0.1) is 0 Å². The lowest BCUT2D eigenvalue weighted by Crippen LogP contribution is -2.14. The van der Waals surface area contributed by atoms with Crippen molar-refractivity contribution in [2.75, 3.05) is 11.8 Å². The number of rotatable bonds is 4. The van der Waals surface area contributed by atoms with Gasteiger partial charge in [0.15, 0.2) is 0 Å². The molecule has 106 valence electrons. The van der Waals surface area contributed by atoms with Gasteiger partial charge in [-0.05, 0) is 42.5 Å². The Morgan fingerprint density at radius 2 is 2.10 bits per heavy atom. The molecule has 2 N–H and O–H groups in total. The molecule has 1 aromatic carbocycles. The minimum Gasteiger partial charge on any atom is -0.466 e. The molecule has 2 aromatic rings. The van der Waals surface area contributed by atoms with Crippen LogP contribution in [0.2, 0.25) is 0 Å². The summed E-state index contributed by atoms with van der Waals surface area (Å²) in [5, 5.41) is 6.14. The van der Waals surface area contributed by atoms with Crippen LogP contribution in [0.1, 0.15) is 17.5 Å². The molecule has 0 radical (unpaired) electrons. The number of H-pyrrole nitrogens is 1. The molecule has 0 spiro atoms. The van der Waals surface area contributed by atoms with Crippen molar-refractivity contribution in [1.82, 2.24) is 15.2 Å². The van der Waals surface area contributed by atoms with Crippen molar-refractivity contribution >= 4 is 16.0 Å². The van der Waals surface area contributed by atoms with Gasteiger partial charge in [0.25, 0.3) is 10.0 Å². The molecule has 20 heavy (non-hydrogen) atoms. The van der Waals surface area contributed by atoms with Gasteiger partial charge in [0.05, 0.1) is 12.0 Å². The molecule has 0 atom stereocenters. The van der Waals surface area contributed by atoms with Gasteiger partial charge in [0.2, 0.25) is 5.95 Å². The molecule has 0 unspecified atom stereocenters. The number of anilines is 1. The molecule has 1 aromatic heterocycles. The number of aryl methyl sites for hydroxylation is 2. The van der Waals surface area contributed by atoms with E-state index in [2.05, 4.69) is 19.9 Å². The highest BCUT2D eigenvalue weighted by atomic mass is 32.2. The largest absolute Gasteiger partial charge is 0.466 e. The lowest BCUT2D eigenvalue weighted by molar-refractivity contribution is 0.382. The summed E-state index contributed by atoms with van der Waals surface area (Å²) in [5.74, 6) is 0.0300. The summed E-state index contributed by atoms with van der Waals surface area (Å²) in [6.07, 6.45) is 3.02. The molecule has 8 heteroatoms. The van der Waals surface area contributed by atoms with Crippen LogP contribution >= 0.6 is 0 Å². The van der Waals surface area contributed by atoms with Gasteiger partial charge >= 0.3 is 6.01 Å². The first kappa shape index (κ1) is 12.9. The Hall–Kier alpha value is -2.09. The Bertz CT molecular complexity index is 739. The summed E-state index contributed by atoms with van der Waals surface area (Å²) in [5.41, 5.74) is 2.33. The quantitative estimate of drug-likeness (QED) is 0.880. The molecular weight excluding hydrogens is 280 g/mol. The van der Waals surface area contributed by atoms with Gasteiger partial charge in [-0.15, -0.1) is 5.10 Å². The molecule has 7 nitrogen and oxygen atoms in total. The van der Waals surface area contributed by atoms with Crippen molar-refractivity contribution in [3.63, 3.8) is 0 Å². The number of aromatic amines is 1. The monoisotopic (exact) mass is 294 g/mol. The number of benzene rings is 1. The van der Waals surface area contributed by atoms with Crippen molar-refractivity contribution < 1.29 is 13.2 Å². The topological polar surface area (TPSA) is 97.0 Å². The molecule has 0 aliphatic heterocycles. The maximum absolute atomic E-state index is 12.3. The van der Waals surface area contributed by atoms with E-state index in [0.717, 1.165) is 24.8 Å². The number of hydrogen-bond acceptors (Lipinski definition) is 5. The molecule has 0 saturated carbocycles. The number of nitrogens with one attached hydrogen (secondary N) is 2. The maximum atomic E-state index is 12.3. The van der Waals surface area contributed by atoms with Gasteiger partial charge in [0, 0.05) is 0 Å². The summed E-state index contributed by atoms with van der Waals surface area (Å²) in [4.78, 5) is 4.06. The molecule has 0 saturated heterocycles. The van der Waals surface area contributed by atoms with Crippen molar-refractivity contribution in [3.8, 4) is 6.01 Å². The normalized spacial score (nSPS) is 14.1. The highest BCUT2D eigenvalue weighted by molar-refractivity contribution is 7.92. The fraction of sp³-hybridized carbons (Fsp3) is 0.333. The summed E-state index contributed by atoms with van der Waals surface area (Å²) in [6, 6.07) is 5.28. The molecule has 0 bridgehead atoms. The van der Waals surface area contributed by atoms with E-state index in [-0.39, 0.29) is 16.9 Å². The summed E-state index contributed by atoms with van der Waals surface area (Å²) >= 11 is 0. The van der Waals surface area contributed by atoms with E-state index in [1.54, 1.807) is 12.1 Å². The minimum absolute atomic E-state index is 0.0300. The SMILES string of the molecule is COc1n[nH]c(NS(=O)(=O)c2ccc3c(c2)CCC3)n1. The number of aromatic nitrogens is 3.